The molecule has 3 heterocycles. The first kappa shape index (κ1) is 10.9. The summed E-state index contributed by atoms with van der Waals surface area (Å²) in [6.07, 6.45) is 4.24. The van der Waals surface area contributed by atoms with Crippen molar-refractivity contribution in [3.8, 4) is 10.6 Å². The Morgan fingerprint density at radius 2 is 1.84 bits per heavy atom. The van der Waals surface area contributed by atoms with Gasteiger partial charge < -0.3 is 4.90 Å². The van der Waals surface area contributed by atoms with E-state index >= 15 is 0 Å². The quantitative estimate of drug-likeness (QED) is 0.718. The number of rotatable bonds is 2. The summed E-state index contributed by atoms with van der Waals surface area (Å²) in [6.45, 7) is 2.35. The predicted octanol–water partition coefficient (Wildman–Crippen LogP) is 2.45. The van der Waals surface area contributed by atoms with Crippen LogP contribution in [0, 0.1) is 0 Å². The van der Waals surface area contributed by atoms with Crippen molar-refractivity contribution in [1.82, 2.24) is 19.8 Å². The topological polar surface area (TPSA) is 46.3 Å². The lowest BCUT2D eigenvalue weighted by atomic mass is 10.2. The number of aromatic nitrogens is 4. The van der Waals surface area contributed by atoms with Gasteiger partial charge in [-0.1, -0.05) is 11.3 Å². The van der Waals surface area contributed by atoms with E-state index in [4.69, 9.17) is 0 Å². The van der Waals surface area contributed by atoms with Crippen molar-refractivity contribution in [2.75, 3.05) is 18.0 Å². The Balaban J connectivity index is 1.66. The summed E-state index contributed by atoms with van der Waals surface area (Å²) in [5.41, 5.74) is 2.45. The van der Waals surface area contributed by atoms with E-state index in [-0.39, 0.29) is 0 Å². The molecule has 0 atom stereocenters. The number of fused-ring (bicyclic) bond motifs is 1. The van der Waals surface area contributed by atoms with Gasteiger partial charge >= 0.3 is 0 Å². The molecule has 19 heavy (non-hydrogen) atoms. The molecule has 5 nitrogen and oxygen atoms in total. The molecule has 1 saturated heterocycles. The molecule has 1 aliphatic heterocycles. The monoisotopic (exact) mass is 271 g/mol. The first-order valence-corrected chi connectivity index (χ1v) is 7.24. The molecule has 96 valence electrons. The number of hydrogen-bond donors (Lipinski definition) is 0. The lowest BCUT2D eigenvalue weighted by Crippen LogP contribution is -2.17. The van der Waals surface area contributed by atoms with Gasteiger partial charge in [-0.05, 0) is 37.1 Å². The lowest BCUT2D eigenvalue weighted by Gasteiger charge is -2.17. The van der Waals surface area contributed by atoms with Gasteiger partial charge in [-0.3, -0.25) is 0 Å². The van der Waals surface area contributed by atoms with Crippen LogP contribution in [0.1, 0.15) is 12.8 Å². The van der Waals surface area contributed by atoms with Crippen molar-refractivity contribution in [2.24, 2.45) is 0 Å². The van der Waals surface area contributed by atoms with Gasteiger partial charge in [0.25, 0.3) is 0 Å². The van der Waals surface area contributed by atoms with Crippen molar-refractivity contribution in [1.29, 1.82) is 0 Å². The molecule has 0 aliphatic carbocycles. The molecule has 0 bridgehead atoms. The first-order chi connectivity index (χ1) is 9.40. The molecule has 1 aliphatic rings. The van der Waals surface area contributed by atoms with Crippen molar-refractivity contribution in [2.45, 2.75) is 12.8 Å². The highest BCUT2D eigenvalue weighted by molar-refractivity contribution is 7.19. The maximum Gasteiger partial charge on any atom is 0.234 e. The van der Waals surface area contributed by atoms with Gasteiger partial charge in [0.05, 0.1) is 0 Å². The molecule has 0 amide bonds. The third-order valence-corrected chi connectivity index (χ3v) is 4.43. The van der Waals surface area contributed by atoms with Crippen LogP contribution < -0.4 is 4.90 Å². The average Bonchev–Trinajstić information content (AvgIpc) is 3.15. The van der Waals surface area contributed by atoms with E-state index in [2.05, 4.69) is 44.5 Å². The summed E-state index contributed by atoms with van der Waals surface area (Å²) in [5.74, 6) is 0. The smallest absolute Gasteiger partial charge is 0.234 e. The molecule has 4 rings (SSSR count). The molecule has 0 spiro atoms. The van der Waals surface area contributed by atoms with Gasteiger partial charge in [0.15, 0.2) is 0 Å². The fourth-order valence-electron chi connectivity index (χ4n) is 2.47. The fraction of sp³-hybridized carbons (Fsp3) is 0.308. The van der Waals surface area contributed by atoms with Gasteiger partial charge in [-0.2, -0.15) is 9.61 Å². The largest absolute Gasteiger partial charge is 0.372 e. The molecule has 1 aromatic carbocycles. The van der Waals surface area contributed by atoms with Crippen LogP contribution in [0.3, 0.4) is 0 Å². The summed E-state index contributed by atoms with van der Waals surface area (Å²) < 4.78 is 1.72. The zero-order valence-corrected chi connectivity index (χ0v) is 11.2. The van der Waals surface area contributed by atoms with Crippen LogP contribution in [0.25, 0.3) is 15.5 Å². The summed E-state index contributed by atoms with van der Waals surface area (Å²) in [6, 6.07) is 8.64. The van der Waals surface area contributed by atoms with E-state index in [1.165, 1.54) is 31.6 Å². The first-order valence-electron chi connectivity index (χ1n) is 6.42. The van der Waals surface area contributed by atoms with E-state index in [0.717, 1.165) is 15.5 Å². The maximum atomic E-state index is 4.47. The van der Waals surface area contributed by atoms with Crippen LogP contribution in [-0.2, 0) is 0 Å². The van der Waals surface area contributed by atoms with Gasteiger partial charge in [0, 0.05) is 24.3 Å². The zero-order chi connectivity index (χ0) is 12.7. The van der Waals surface area contributed by atoms with E-state index in [0.29, 0.717) is 0 Å². The molecule has 0 saturated carbocycles. The van der Waals surface area contributed by atoms with Gasteiger partial charge in [-0.15, -0.1) is 10.2 Å². The molecule has 0 unspecified atom stereocenters. The van der Waals surface area contributed by atoms with Crippen molar-refractivity contribution < 1.29 is 0 Å². The molecule has 3 aromatic rings. The van der Waals surface area contributed by atoms with Crippen molar-refractivity contribution >= 4 is 22.0 Å². The SMILES string of the molecule is c1cc(N2CCCC2)ccc1-c1nn2cnnc2s1. The van der Waals surface area contributed by atoms with Gasteiger partial charge in [0.2, 0.25) is 4.96 Å². The fourth-order valence-corrected chi connectivity index (χ4v) is 3.29. The molecular weight excluding hydrogens is 258 g/mol. The predicted molar refractivity (Wildman–Crippen MR) is 75.5 cm³/mol. The summed E-state index contributed by atoms with van der Waals surface area (Å²) >= 11 is 1.56. The lowest BCUT2D eigenvalue weighted by molar-refractivity contribution is 0.949. The summed E-state index contributed by atoms with van der Waals surface area (Å²) in [5, 5.41) is 13.3. The minimum absolute atomic E-state index is 0.832. The number of nitrogens with zero attached hydrogens (tertiary/aromatic N) is 5. The second-order valence-electron chi connectivity index (χ2n) is 4.71. The van der Waals surface area contributed by atoms with Crippen LogP contribution in [0.4, 0.5) is 5.69 Å². The van der Waals surface area contributed by atoms with E-state index in [9.17, 15) is 0 Å². The highest BCUT2D eigenvalue weighted by atomic mass is 32.1. The Hall–Kier alpha value is -1.95. The Labute approximate surface area is 114 Å². The normalized spacial score (nSPS) is 15.5. The Kier molecular flexibility index (Phi) is 2.48. The molecule has 2 aromatic heterocycles. The minimum atomic E-state index is 0.832. The van der Waals surface area contributed by atoms with Crippen LogP contribution in [0.2, 0.25) is 0 Å². The third-order valence-electron chi connectivity index (χ3n) is 3.47. The summed E-state index contributed by atoms with van der Waals surface area (Å²) in [4.78, 5) is 3.26. The zero-order valence-electron chi connectivity index (χ0n) is 10.4. The second-order valence-corrected chi connectivity index (χ2v) is 5.66. The maximum absolute atomic E-state index is 4.47. The average molecular weight is 271 g/mol. The number of anilines is 1. The Morgan fingerprint density at radius 3 is 2.58 bits per heavy atom. The standard InChI is InChI=1S/C13H13N5S/c1-2-8-17(7-1)11-5-3-10(4-6-11)12-16-18-9-14-15-13(18)19-12/h3-6,9H,1-2,7-8H2. The molecule has 0 N–H and O–H groups in total. The Morgan fingerprint density at radius 1 is 1.05 bits per heavy atom. The van der Waals surface area contributed by atoms with Crippen LogP contribution in [0.5, 0.6) is 0 Å². The molecule has 1 fully saturated rings. The van der Waals surface area contributed by atoms with E-state index < -0.39 is 0 Å². The van der Waals surface area contributed by atoms with Gasteiger partial charge in [-0.25, -0.2) is 0 Å². The van der Waals surface area contributed by atoms with Crippen LogP contribution in [-0.4, -0.2) is 32.9 Å². The van der Waals surface area contributed by atoms with E-state index in [1.807, 2.05) is 0 Å². The number of hydrogen-bond acceptors (Lipinski definition) is 5. The highest BCUT2D eigenvalue weighted by Crippen LogP contribution is 2.27. The Bertz CT molecular complexity index is 665. The minimum Gasteiger partial charge on any atom is -0.372 e. The molecule has 0 radical (unpaired) electrons. The highest BCUT2D eigenvalue weighted by Gasteiger charge is 2.13. The van der Waals surface area contributed by atoms with Crippen LogP contribution in [0.15, 0.2) is 30.6 Å². The van der Waals surface area contributed by atoms with Crippen LogP contribution >= 0.6 is 11.3 Å². The van der Waals surface area contributed by atoms with Gasteiger partial charge in [0.1, 0.15) is 11.3 Å². The summed E-state index contributed by atoms with van der Waals surface area (Å²) in [7, 11) is 0. The second kappa shape index (κ2) is 4.31. The molecular formula is C13H13N5S. The molecule has 6 heteroatoms. The van der Waals surface area contributed by atoms with Crippen molar-refractivity contribution in [3.63, 3.8) is 0 Å². The van der Waals surface area contributed by atoms with E-state index in [1.54, 1.807) is 22.2 Å². The van der Waals surface area contributed by atoms with Crippen molar-refractivity contribution in [3.05, 3.63) is 30.6 Å². The number of benzene rings is 1. The third kappa shape index (κ3) is 1.88.